The zero-order chi connectivity index (χ0) is 24.9. The summed E-state index contributed by atoms with van der Waals surface area (Å²) in [6.45, 7) is 1.57. The quantitative estimate of drug-likeness (QED) is 0.494. The summed E-state index contributed by atoms with van der Waals surface area (Å²) in [5.74, 6) is 1.60. The van der Waals surface area contributed by atoms with E-state index in [1.807, 2.05) is 12.1 Å². The van der Waals surface area contributed by atoms with Gasteiger partial charge in [-0.1, -0.05) is 12.8 Å². The number of aliphatic hydroxyl groups is 1. The number of hydrogen-bond donors (Lipinski definition) is 3. The number of amides is 1. The molecule has 0 spiro atoms. The van der Waals surface area contributed by atoms with Crippen LogP contribution < -0.4 is 10.2 Å². The van der Waals surface area contributed by atoms with E-state index in [2.05, 4.69) is 10.2 Å². The summed E-state index contributed by atoms with van der Waals surface area (Å²) >= 11 is 1.75. The highest BCUT2D eigenvalue weighted by Crippen LogP contribution is 2.55. The number of nitrogens with one attached hydrogen (secondary N) is 1. The summed E-state index contributed by atoms with van der Waals surface area (Å²) in [5, 5.41) is 24.9. The van der Waals surface area contributed by atoms with Crippen molar-refractivity contribution in [2.24, 2.45) is 23.7 Å². The third kappa shape index (κ3) is 5.00. The Morgan fingerprint density at radius 1 is 1.08 bits per heavy atom. The molecule has 4 bridgehead atoms. The van der Waals surface area contributed by atoms with Crippen LogP contribution in [0.25, 0.3) is 0 Å². The smallest absolute Gasteiger partial charge is 0.303 e. The molecule has 6 aliphatic rings. The highest BCUT2D eigenvalue weighted by molar-refractivity contribution is 7.99. The van der Waals surface area contributed by atoms with Gasteiger partial charge in [0.2, 0.25) is 0 Å². The van der Waals surface area contributed by atoms with Crippen molar-refractivity contribution in [2.75, 3.05) is 18.0 Å². The summed E-state index contributed by atoms with van der Waals surface area (Å²) < 4.78 is 0. The van der Waals surface area contributed by atoms with Crippen LogP contribution >= 0.6 is 11.8 Å². The number of pyridine rings is 1. The van der Waals surface area contributed by atoms with Crippen LogP contribution in [0, 0.1) is 23.7 Å². The number of anilines is 1. The van der Waals surface area contributed by atoms with Gasteiger partial charge in [0.1, 0.15) is 10.8 Å². The number of thioether (sulfide) groups is 1. The van der Waals surface area contributed by atoms with Gasteiger partial charge >= 0.3 is 5.97 Å². The largest absolute Gasteiger partial charge is 0.481 e. The minimum absolute atomic E-state index is 0.0265. The predicted molar refractivity (Wildman–Crippen MR) is 139 cm³/mol. The van der Waals surface area contributed by atoms with E-state index in [4.69, 9.17) is 4.98 Å². The van der Waals surface area contributed by atoms with Gasteiger partial charge in [-0.25, -0.2) is 4.98 Å². The SMILES string of the molecule is O=C(O)C[C@@H]1CCCN(c2ccc(C(=O)NC3[C@H]4CC5C[C@H]3CC(O)(C5)C4)c(SC3CCCC3)n2)C1. The zero-order valence-electron chi connectivity index (χ0n) is 21.0. The first kappa shape index (κ1) is 24.5. The Labute approximate surface area is 217 Å². The number of carboxylic acid groups (broad SMARTS) is 1. The molecule has 0 aromatic carbocycles. The Kier molecular flexibility index (Phi) is 6.69. The summed E-state index contributed by atoms with van der Waals surface area (Å²) in [5.41, 5.74) is 0.166. The van der Waals surface area contributed by atoms with Gasteiger partial charge in [-0.3, -0.25) is 9.59 Å². The lowest BCUT2D eigenvalue weighted by molar-refractivity contribution is -0.138. The topological polar surface area (TPSA) is 103 Å². The number of nitrogens with zero attached hydrogens (tertiary/aromatic N) is 2. The van der Waals surface area contributed by atoms with Gasteiger partial charge in [-0.05, 0) is 93.6 Å². The third-order valence-electron chi connectivity index (χ3n) is 9.52. The molecule has 5 saturated carbocycles. The highest BCUT2D eigenvalue weighted by atomic mass is 32.2. The van der Waals surface area contributed by atoms with Gasteiger partial charge in [0, 0.05) is 30.8 Å². The van der Waals surface area contributed by atoms with Crippen LogP contribution in [0.5, 0.6) is 0 Å². The summed E-state index contributed by atoms with van der Waals surface area (Å²) in [4.78, 5) is 32.2. The molecule has 2 heterocycles. The van der Waals surface area contributed by atoms with Crippen molar-refractivity contribution in [3.63, 3.8) is 0 Å². The van der Waals surface area contributed by atoms with E-state index in [0.29, 0.717) is 35.1 Å². The van der Waals surface area contributed by atoms with E-state index in [9.17, 15) is 19.8 Å². The van der Waals surface area contributed by atoms with E-state index in [0.717, 1.165) is 75.2 Å². The average Bonchev–Trinajstić information content (AvgIpc) is 3.33. The second kappa shape index (κ2) is 9.82. The van der Waals surface area contributed by atoms with Crippen molar-refractivity contribution in [3.8, 4) is 0 Å². The van der Waals surface area contributed by atoms with Gasteiger partial charge in [-0.15, -0.1) is 11.8 Å². The Morgan fingerprint density at radius 3 is 2.53 bits per heavy atom. The van der Waals surface area contributed by atoms with Crippen LogP contribution in [0.3, 0.4) is 0 Å². The molecule has 0 radical (unpaired) electrons. The van der Waals surface area contributed by atoms with E-state index in [-0.39, 0.29) is 24.3 Å². The molecule has 3 N–H and O–H groups in total. The lowest BCUT2D eigenvalue weighted by Gasteiger charge is -2.58. The molecule has 1 aromatic heterocycles. The fourth-order valence-electron chi connectivity index (χ4n) is 8.17. The maximum absolute atomic E-state index is 13.7. The van der Waals surface area contributed by atoms with Crippen molar-refractivity contribution in [1.29, 1.82) is 0 Å². The minimum Gasteiger partial charge on any atom is -0.481 e. The Balaban J connectivity index is 1.21. The average molecular weight is 514 g/mol. The predicted octanol–water partition coefficient (Wildman–Crippen LogP) is 4.48. The number of piperidine rings is 1. The molecule has 1 saturated heterocycles. The molecule has 5 aliphatic carbocycles. The second-order valence-corrected chi connectivity index (χ2v) is 13.6. The van der Waals surface area contributed by atoms with Crippen LogP contribution in [0.4, 0.5) is 5.82 Å². The molecule has 196 valence electrons. The molecule has 1 aliphatic heterocycles. The molecule has 7 rings (SSSR count). The third-order valence-corrected chi connectivity index (χ3v) is 10.9. The molecule has 0 unspecified atom stereocenters. The molecule has 1 aromatic rings. The summed E-state index contributed by atoms with van der Waals surface area (Å²) in [6, 6.07) is 4.05. The Hall–Kier alpha value is -1.80. The van der Waals surface area contributed by atoms with E-state index < -0.39 is 11.6 Å². The fourth-order valence-corrected chi connectivity index (χ4v) is 9.49. The number of carbonyl (C=O) groups is 2. The van der Waals surface area contributed by atoms with E-state index in [1.54, 1.807) is 11.8 Å². The second-order valence-electron chi connectivity index (χ2n) is 12.3. The van der Waals surface area contributed by atoms with Crippen LogP contribution in [0.2, 0.25) is 0 Å². The van der Waals surface area contributed by atoms with Crippen molar-refractivity contribution in [3.05, 3.63) is 17.7 Å². The fraction of sp³-hybridized carbons (Fsp3) is 0.750. The van der Waals surface area contributed by atoms with Crippen LogP contribution in [0.1, 0.15) is 87.4 Å². The maximum atomic E-state index is 13.7. The highest BCUT2D eigenvalue weighted by Gasteiger charge is 2.55. The molecule has 3 atom stereocenters. The van der Waals surface area contributed by atoms with Gasteiger partial charge in [0.25, 0.3) is 5.91 Å². The first-order valence-corrected chi connectivity index (χ1v) is 14.9. The van der Waals surface area contributed by atoms with Crippen LogP contribution in [-0.2, 0) is 4.79 Å². The van der Waals surface area contributed by atoms with Crippen LogP contribution in [0.15, 0.2) is 17.2 Å². The Bertz CT molecular complexity index is 997. The number of aliphatic carboxylic acids is 1. The molecule has 1 amide bonds. The summed E-state index contributed by atoms with van der Waals surface area (Å²) in [7, 11) is 0. The van der Waals surface area contributed by atoms with Crippen molar-refractivity contribution >= 4 is 29.5 Å². The molecule has 8 heteroatoms. The monoisotopic (exact) mass is 513 g/mol. The lowest BCUT2D eigenvalue weighted by Crippen LogP contribution is -2.61. The van der Waals surface area contributed by atoms with Gasteiger partial charge in [-0.2, -0.15) is 0 Å². The number of carboxylic acids is 1. The molecule has 6 fully saturated rings. The molecule has 7 nitrogen and oxygen atoms in total. The first-order valence-electron chi connectivity index (χ1n) is 14.0. The standard InChI is InChI=1S/C28H39N3O4S/c32-24(33)12-17-4-3-9-31(16-17)23-8-7-22(27(29-23)36-21-5-1-2-6-21)26(34)30-25-19-10-18-11-20(25)15-28(35,13-18)14-19/h7-8,17-21,25,35H,1-6,9-16H2,(H,30,34)(H,32,33)/t17-,18?,19-,20-,25?,28?/m0/s1. The number of aromatic nitrogens is 1. The normalized spacial score (nSPS) is 35.8. The number of carbonyl (C=O) groups excluding carboxylic acids is 1. The van der Waals surface area contributed by atoms with Crippen molar-refractivity contribution < 1.29 is 19.8 Å². The van der Waals surface area contributed by atoms with Crippen LogP contribution in [-0.4, -0.2) is 57.1 Å². The zero-order valence-corrected chi connectivity index (χ0v) is 21.8. The maximum Gasteiger partial charge on any atom is 0.303 e. The van der Waals surface area contributed by atoms with Crippen molar-refractivity contribution in [2.45, 2.75) is 99.0 Å². The molecular formula is C28H39N3O4S. The first-order chi connectivity index (χ1) is 17.3. The van der Waals surface area contributed by atoms with Gasteiger partial charge in [0.15, 0.2) is 0 Å². The van der Waals surface area contributed by atoms with Gasteiger partial charge in [0.05, 0.1) is 11.2 Å². The Morgan fingerprint density at radius 2 is 1.83 bits per heavy atom. The lowest BCUT2D eigenvalue weighted by atomic mass is 9.52. The number of rotatable bonds is 7. The molecule has 36 heavy (non-hydrogen) atoms. The van der Waals surface area contributed by atoms with E-state index >= 15 is 0 Å². The minimum atomic E-state index is -0.740. The number of hydrogen-bond acceptors (Lipinski definition) is 6. The van der Waals surface area contributed by atoms with Crippen molar-refractivity contribution in [1.82, 2.24) is 10.3 Å². The molecular weight excluding hydrogens is 474 g/mol. The van der Waals surface area contributed by atoms with E-state index in [1.165, 1.54) is 12.8 Å². The van der Waals surface area contributed by atoms with Gasteiger partial charge < -0.3 is 20.4 Å². The summed E-state index contributed by atoms with van der Waals surface area (Å²) in [6.07, 6.45) is 11.7.